The fourth-order valence-corrected chi connectivity index (χ4v) is 1.84. The van der Waals surface area contributed by atoms with Gasteiger partial charge in [0.15, 0.2) is 0 Å². The average molecular weight is 207 g/mol. The van der Waals surface area contributed by atoms with Crippen LogP contribution in [-0.2, 0) is 5.54 Å². The number of ether oxygens (including phenoxy) is 2. The molecule has 0 saturated heterocycles. The Labute approximate surface area is 90.2 Å². The number of methoxy groups -OCH3 is 2. The standard InChI is InChI=1S/C12H17NO2/c1-8-6-11(15-3)9(7-10(8)14-2)12(13)4-5-12/h6-7H,4-5,13H2,1-3H3. The van der Waals surface area contributed by atoms with Crippen LogP contribution in [0.5, 0.6) is 11.5 Å². The van der Waals surface area contributed by atoms with E-state index in [1.54, 1.807) is 14.2 Å². The predicted octanol–water partition coefficient (Wildman–Crippen LogP) is 1.96. The van der Waals surface area contributed by atoms with Crippen molar-refractivity contribution < 1.29 is 9.47 Å². The quantitative estimate of drug-likeness (QED) is 0.824. The van der Waals surface area contributed by atoms with Gasteiger partial charge in [-0.15, -0.1) is 0 Å². The smallest absolute Gasteiger partial charge is 0.124 e. The summed E-state index contributed by atoms with van der Waals surface area (Å²) < 4.78 is 10.7. The van der Waals surface area contributed by atoms with E-state index in [2.05, 4.69) is 0 Å². The minimum absolute atomic E-state index is 0.188. The highest BCUT2D eigenvalue weighted by Crippen LogP contribution is 2.48. The highest BCUT2D eigenvalue weighted by Gasteiger charge is 2.42. The van der Waals surface area contributed by atoms with Crippen molar-refractivity contribution in [2.24, 2.45) is 5.73 Å². The third kappa shape index (κ3) is 1.67. The Bertz CT molecular complexity index is 383. The van der Waals surface area contributed by atoms with Gasteiger partial charge in [0, 0.05) is 11.1 Å². The molecule has 15 heavy (non-hydrogen) atoms. The van der Waals surface area contributed by atoms with E-state index in [1.807, 2.05) is 19.1 Å². The van der Waals surface area contributed by atoms with Gasteiger partial charge in [-0.05, 0) is 37.5 Å². The van der Waals surface area contributed by atoms with Crippen molar-refractivity contribution >= 4 is 0 Å². The molecule has 0 amide bonds. The maximum atomic E-state index is 6.18. The van der Waals surface area contributed by atoms with Gasteiger partial charge >= 0.3 is 0 Å². The molecule has 0 aliphatic heterocycles. The summed E-state index contributed by atoms with van der Waals surface area (Å²) in [7, 11) is 3.35. The molecule has 1 aromatic rings. The summed E-state index contributed by atoms with van der Waals surface area (Å²) in [4.78, 5) is 0. The predicted molar refractivity (Wildman–Crippen MR) is 59.4 cm³/mol. The van der Waals surface area contributed by atoms with E-state index in [0.29, 0.717) is 0 Å². The first-order valence-electron chi connectivity index (χ1n) is 5.13. The van der Waals surface area contributed by atoms with Crippen LogP contribution in [0.25, 0.3) is 0 Å². The number of aryl methyl sites for hydroxylation is 1. The van der Waals surface area contributed by atoms with E-state index in [-0.39, 0.29) is 5.54 Å². The Morgan fingerprint density at radius 1 is 1.13 bits per heavy atom. The number of hydrogen-bond acceptors (Lipinski definition) is 3. The first-order valence-corrected chi connectivity index (χ1v) is 5.13. The lowest BCUT2D eigenvalue weighted by Crippen LogP contribution is -2.19. The first-order chi connectivity index (χ1) is 7.10. The largest absolute Gasteiger partial charge is 0.496 e. The molecule has 3 heteroatoms. The van der Waals surface area contributed by atoms with Gasteiger partial charge in [-0.1, -0.05) is 0 Å². The molecule has 1 aromatic carbocycles. The summed E-state index contributed by atoms with van der Waals surface area (Å²) in [6.45, 7) is 2.00. The van der Waals surface area contributed by atoms with E-state index in [0.717, 1.165) is 35.5 Å². The first kappa shape index (κ1) is 10.3. The summed E-state index contributed by atoms with van der Waals surface area (Å²) in [5.41, 5.74) is 8.13. The molecule has 0 atom stereocenters. The Balaban J connectivity index is 2.51. The van der Waals surface area contributed by atoms with Gasteiger partial charge < -0.3 is 15.2 Å². The molecule has 0 heterocycles. The van der Waals surface area contributed by atoms with Crippen molar-refractivity contribution in [2.45, 2.75) is 25.3 Å². The lowest BCUT2D eigenvalue weighted by Gasteiger charge is -2.17. The van der Waals surface area contributed by atoms with Crippen LogP contribution in [0.1, 0.15) is 24.0 Å². The van der Waals surface area contributed by atoms with Crippen LogP contribution in [0.3, 0.4) is 0 Å². The van der Waals surface area contributed by atoms with Crippen molar-refractivity contribution in [3.63, 3.8) is 0 Å². The van der Waals surface area contributed by atoms with Gasteiger partial charge in [-0.25, -0.2) is 0 Å². The number of rotatable bonds is 3. The molecule has 2 N–H and O–H groups in total. The normalized spacial score (nSPS) is 17.3. The maximum Gasteiger partial charge on any atom is 0.124 e. The Morgan fingerprint density at radius 2 is 1.73 bits per heavy atom. The molecule has 0 spiro atoms. The lowest BCUT2D eigenvalue weighted by atomic mass is 10.0. The van der Waals surface area contributed by atoms with Crippen molar-refractivity contribution in [1.29, 1.82) is 0 Å². The van der Waals surface area contributed by atoms with E-state index in [9.17, 15) is 0 Å². The van der Waals surface area contributed by atoms with E-state index in [1.165, 1.54) is 0 Å². The fraction of sp³-hybridized carbons (Fsp3) is 0.500. The van der Waals surface area contributed by atoms with Gasteiger partial charge in [0.1, 0.15) is 11.5 Å². The molecular weight excluding hydrogens is 190 g/mol. The average Bonchev–Trinajstić information content (AvgIpc) is 2.97. The zero-order valence-electron chi connectivity index (χ0n) is 9.46. The molecule has 1 aliphatic rings. The fourth-order valence-electron chi connectivity index (χ4n) is 1.84. The third-order valence-corrected chi connectivity index (χ3v) is 3.04. The van der Waals surface area contributed by atoms with Crippen molar-refractivity contribution in [2.75, 3.05) is 14.2 Å². The molecular formula is C12H17NO2. The van der Waals surface area contributed by atoms with Crippen LogP contribution < -0.4 is 15.2 Å². The summed E-state index contributed by atoms with van der Waals surface area (Å²) in [5.74, 6) is 1.75. The topological polar surface area (TPSA) is 44.5 Å². The van der Waals surface area contributed by atoms with Crippen LogP contribution in [0.2, 0.25) is 0 Å². The number of benzene rings is 1. The molecule has 82 valence electrons. The monoisotopic (exact) mass is 207 g/mol. The van der Waals surface area contributed by atoms with Crippen LogP contribution in [0.15, 0.2) is 12.1 Å². The molecule has 1 fully saturated rings. The molecule has 0 bridgehead atoms. The third-order valence-electron chi connectivity index (χ3n) is 3.04. The Kier molecular flexibility index (Phi) is 2.35. The zero-order chi connectivity index (χ0) is 11.1. The van der Waals surface area contributed by atoms with Crippen molar-refractivity contribution in [1.82, 2.24) is 0 Å². The second-order valence-electron chi connectivity index (χ2n) is 4.18. The summed E-state index contributed by atoms with van der Waals surface area (Å²) in [5, 5.41) is 0. The van der Waals surface area contributed by atoms with E-state index >= 15 is 0 Å². The maximum absolute atomic E-state index is 6.18. The molecule has 0 unspecified atom stereocenters. The SMILES string of the molecule is COc1cc(C2(N)CC2)c(OC)cc1C. The van der Waals surface area contributed by atoms with E-state index in [4.69, 9.17) is 15.2 Å². The van der Waals surface area contributed by atoms with Crippen LogP contribution in [-0.4, -0.2) is 14.2 Å². The summed E-state index contributed by atoms with van der Waals surface area (Å²) in [6, 6.07) is 3.99. The molecule has 3 nitrogen and oxygen atoms in total. The van der Waals surface area contributed by atoms with E-state index < -0.39 is 0 Å². The Hall–Kier alpha value is -1.22. The Morgan fingerprint density at radius 3 is 2.20 bits per heavy atom. The molecule has 1 aliphatic carbocycles. The number of hydrogen-bond donors (Lipinski definition) is 1. The lowest BCUT2D eigenvalue weighted by molar-refractivity contribution is 0.392. The van der Waals surface area contributed by atoms with Crippen molar-refractivity contribution in [3.05, 3.63) is 23.3 Å². The highest BCUT2D eigenvalue weighted by atomic mass is 16.5. The molecule has 1 saturated carbocycles. The molecule has 2 rings (SSSR count). The van der Waals surface area contributed by atoms with Gasteiger partial charge in [0.2, 0.25) is 0 Å². The van der Waals surface area contributed by atoms with Gasteiger partial charge in [0.25, 0.3) is 0 Å². The van der Waals surface area contributed by atoms with Gasteiger partial charge in [-0.2, -0.15) is 0 Å². The second kappa shape index (κ2) is 3.42. The van der Waals surface area contributed by atoms with Crippen molar-refractivity contribution in [3.8, 4) is 11.5 Å². The van der Waals surface area contributed by atoms with Gasteiger partial charge in [-0.3, -0.25) is 0 Å². The van der Waals surface area contributed by atoms with Gasteiger partial charge in [0.05, 0.1) is 14.2 Å². The minimum Gasteiger partial charge on any atom is -0.496 e. The summed E-state index contributed by atoms with van der Waals surface area (Å²) >= 11 is 0. The minimum atomic E-state index is -0.188. The van der Waals surface area contributed by atoms with Crippen LogP contribution in [0.4, 0.5) is 0 Å². The van der Waals surface area contributed by atoms with Crippen LogP contribution >= 0.6 is 0 Å². The summed E-state index contributed by atoms with van der Waals surface area (Å²) in [6.07, 6.45) is 2.05. The second-order valence-corrected chi connectivity index (χ2v) is 4.18. The number of nitrogens with two attached hydrogens (primary N) is 1. The molecule has 0 radical (unpaired) electrons. The zero-order valence-corrected chi connectivity index (χ0v) is 9.46. The highest BCUT2D eigenvalue weighted by molar-refractivity contribution is 5.50. The van der Waals surface area contributed by atoms with Crippen LogP contribution in [0, 0.1) is 6.92 Å². The molecule has 0 aromatic heterocycles.